The fourth-order valence-electron chi connectivity index (χ4n) is 2.67. The predicted octanol–water partition coefficient (Wildman–Crippen LogP) is 5.17. The zero-order chi connectivity index (χ0) is 17.0. The van der Waals surface area contributed by atoms with Crippen molar-refractivity contribution in [2.24, 2.45) is 0 Å². The van der Waals surface area contributed by atoms with Gasteiger partial charge in [0.25, 0.3) is 0 Å². The second kappa shape index (κ2) is 7.55. The van der Waals surface area contributed by atoms with Gasteiger partial charge in [0.1, 0.15) is 0 Å². The lowest BCUT2D eigenvalue weighted by molar-refractivity contribution is 0.222. The normalized spacial score (nSPS) is 35.6. The van der Waals surface area contributed by atoms with Gasteiger partial charge in [-0.2, -0.15) is 0 Å². The van der Waals surface area contributed by atoms with Gasteiger partial charge in [-0.05, 0) is 17.1 Å². The molecule has 0 radical (unpaired) electrons. The predicted molar refractivity (Wildman–Crippen MR) is 101 cm³/mol. The molecule has 1 rings (SSSR count). The topological polar surface area (TPSA) is 27.7 Å². The Labute approximate surface area is 139 Å². The summed E-state index contributed by atoms with van der Waals surface area (Å²) in [7, 11) is -7.58. The van der Waals surface area contributed by atoms with Gasteiger partial charge >= 0.3 is 25.7 Å². The second-order valence-corrected chi connectivity index (χ2v) is 17.6. The van der Waals surface area contributed by atoms with Crippen molar-refractivity contribution in [1.82, 2.24) is 0 Å². The molecule has 0 saturated carbocycles. The second-order valence-electron chi connectivity index (χ2n) is 6.59. The molecule has 0 spiro atoms. The summed E-state index contributed by atoms with van der Waals surface area (Å²) in [6, 6.07) is 0.932. The average Bonchev–Trinajstić information content (AvgIpc) is 2.51. The van der Waals surface area contributed by atoms with Gasteiger partial charge in [-0.15, -0.1) is 19.7 Å². The quantitative estimate of drug-likeness (QED) is 0.561. The molecule has 1 heterocycles. The van der Waals surface area contributed by atoms with E-state index in [-0.39, 0.29) is 11.1 Å². The summed E-state index contributed by atoms with van der Waals surface area (Å²) in [4.78, 5) is 0. The van der Waals surface area contributed by atoms with Gasteiger partial charge in [0.05, 0.1) is 0 Å². The average molecular weight is 357 g/mol. The summed E-state index contributed by atoms with van der Waals surface area (Å²) in [6.07, 6.45) is 2.20. The summed E-state index contributed by atoms with van der Waals surface area (Å²) in [5.74, 6) is 0. The lowest BCUT2D eigenvalue weighted by Crippen LogP contribution is -2.70. The number of hydrogen-bond donors (Lipinski definition) is 0. The Morgan fingerprint density at radius 2 is 1.27 bits per heavy atom. The lowest BCUT2D eigenvalue weighted by Gasteiger charge is -2.53. The van der Waals surface area contributed by atoms with Crippen molar-refractivity contribution >= 4 is 25.7 Å². The first-order chi connectivity index (χ1) is 10.3. The monoisotopic (exact) mass is 356 g/mol. The maximum Gasteiger partial charge on any atom is 0.349 e. The molecule has 2 atom stereocenters. The highest BCUT2D eigenvalue weighted by Crippen LogP contribution is 2.44. The Kier molecular flexibility index (Phi) is 6.79. The zero-order valence-corrected chi connectivity index (χ0v) is 17.9. The summed E-state index contributed by atoms with van der Waals surface area (Å²) < 4.78 is 19.8. The van der Waals surface area contributed by atoms with E-state index in [0.717, 1.165) is 18.9 Å². The summed E-state index contributed by atoms with van der Waals surface area (Å²) in [6.45, 7) is 23.0. The van der Waals surface area contributed by atoms with Gasteiger partial charge < -0.3 is 12.3 Å². The number of unbranched alkanes of at least 4 members (excludes halogenated alkanes) is 1. The van der Waals surface area contributed by atoms with Crippen LogP contribution in [0, 0.1) is 0 Å². The SMILES string of the molecule is C=C[Si]1(CCCC)O[Si](C=C)(C(C)C)O[Si](C=C)(C(C)C)O1. The van der Waals surface area contributed by atoms with Crippen LogP contribution in [0.25, 0.3) is 0 Å². The van der Waals surface area contributed by atoms with Crippen LogP contribution in [0.1, 0.15) is 47.5 Å². The van der Waals surface area contributed by atoms with Crippen LogP contribution in [-0.4, -0.2) is 25.7 Å². The molecular formula is C16H32O3Si3. The first kappa shape index (κ1) is 19.8. The van der Waals surface area contributed by atoms with Gasteiger partial charge in [0.2, 0.25) is 0 Å². The maximum absolute atomic E-state index is 6.61. The third-order valence-electron chi connectivity index (χ3n) is 4.35. The van der Waals surface area contributed by atoms with E-state index in [9.17, 15) is 0 Å². The van der Waals surface area contributed by atoms with Crippen LogP contribution >= 0.6 is 0 Å². The minimum atomic E-state index is -2.54. The molecule has 0 aromatic rings. The Morgan fingerprint density at radius 3 is 1.55 bits per heavy atom. The van der Waals surface area contributed by atoms with Gasteiger partial charge in [0, 0.05) is 0 Å². The third kappa shape index (κ3) is 3.63. The van der Waals surface area contributed by atoms with Gasteiger partial charge in [0.15, 0.2) is 0 Å². The van der Waals surface area contributed by atoms with Crippen LogP contribution in [0.3, 0.4) is 0 Å². The van der Waals surface area contributed by atoms with E-state index in [2.05, 4.69) is 54.4 Å². The van der Waals surface area contributed by atoms with E-state index in [1.54, 1.807) is 0 Å². The van der Waals surface area contributed by atoms with E-state index >= 15 is 0 Å². The smallest absolute Gasteiger partial charge is 0.349 e. The molecule has 0 aliphatic carbocycles. The van der Waals surface area contributed by atoms with Crippen molar-refractivity contribution in [2.75, 3.05) is 0 Å². The first-order valence-corrected chi connectivity index (χ1v) is 14.3. The minimum Gasteiger partial charge on any atom is -0.409 e. The van der Waals surface area contributed by atoms with Crippen molar-refractivity contribution in [1.29, 1.82) is 0 Å². The van der Waals surface area contributed by atoms with E-state index in [0.29, 0.717) is 0 Å². The van der Waals surface area contributed by atoms with Crippen molar-refractivity contribution in [3.63, 3.8) is 0 Å². The van der Waals surface area contributed by atoms with Gasteiger partial charge in [-0.25, -0.2) is 0 Å². The van der Waals surface area contributed by atoms with E-state index in [4.69, 9.17) is 12.3 Å². The summed E-state index contributed by atoms with van der Waals surface area (Å²) >= 11 is 0. The standard InChI is InChI=1S/C16H32O3Si3/c1-9-13-14-20(10-2)17-21(11-3,15(5)6)19-22(12-4,18-20)16(7)8/h10-12,15-16H,2-4,9,13-14H2,1,5-8H3. The van der Waals surface area contributed by atoms with Crippen molar-refractivity contribution in [3.8, 4) is 0 Å². The molecule has 1 aliphatic heterocycles. The maximum atomic E-state index is 6.61. The highest BCUT2D eigenvalue weighted by Gasteiger charge is 2.61. The Hall–Kier alpha value is -0.249. The third-order valence-corrected chi connectivity index (χ3v) is 18.3. The Morgan fingerprint density at radius 1 is 0.818 bits per heavy atom. The first-order valence-electron chi connectivity index (χ1n) is 8.26. The van der Waals surface area contributed by atoms with Crippen molar-refractivity contribution in [3.05, 3.63) is 36.8 Å². The molecule has 1 fully saturated rings. The molecule has 1 saturated heterocycles. The number of hydrogen-bond acceptors (Lipinski definition) is 3. The largest absolute Gasteiger partial charge is 0.409 e. The summed E-state index contributed by atoms with van der Waals surface area (Å²) in [5.41, 5.74) is 6.39. The highest BCUT2D eigenvalue weighted by molar-refractivity contribution is 6.99. The zero-order valence-electron chi connectivity index (χ0n) is 14.9. The van der Waals surface area contributed by atoms with E-state index in [1.807, 2.05) is 17.1 Å². The molecule has 22 heavy (non-hydrogen) atoms. The molecule has 3 nitrogen and oxygen atoms in total. The van der Waals surface area contributed by atoms with Crippen LogP contribution in [-0.2, 0) is 12.3 Å². The molecule has 1 aliphatic rings. The Bertz CT molecular complexity index is 397. The minimum absolute atomic E-state index is 0.285. The fourth-order valence-corrected chi connectivity index (χ4v) is 19.2. The molecule has 0 amide bonds. The van der Waals surface area contributed by atoms with Crippen LogP contribution < -0.4 is 0 Å². The van der Waals surface area contributed by atoms with Gasteiger partial charge in [-0.3, -0.25) is 0 Å². The molecule has 6 heteroatoms. The van der Waals surface area contributed by atoms with Crippen LogP contribution in [0.2, 0.25) is 17.1 Å². The van der Waals surface area contributed by atoms with E-state index < -0.39 is 25.7 Å². The molecule has 0 aromatic heterocycles. The highest BCUT2D eigenvalue weighted by atomic mass is 28.5. The van der Waals surface area contributed by atoms with E-state index in [1.165, 1.54) is 0 Å². The molecular weight excluding hydrogens is 324 g/mol. The van der Waals surface area contributed by atoms with Crippen LogP contribution in [0.4, 0.5) is 0 Å². The lowest BCUT2D eigenvalue weighted by atomic mass is 10.4. The summed E-state index contributed by atoms with van der Waals surface area (Å²) in [5, 5.41) is 0. The molecule has 126 valence electrons. The molecule has 0 N–H and O–H groups in total. The van der Waals surface area contributed by atoms with Crippen LogP contribution in [0.15, 0.2) is 36.8 Å². The molecule has 0 aromatic carbocycles. The fraction of sp³-hybridized carbons (Fsp3) is 0.625. The van der Waals surface area contributed by atoms with Crippen molar-refractivity contribution < 1.29 is 12.3 Å². The number of rotatable bonds is 8. The Balaban J connectivity index is 3.38. The van der Waals surface area contributed by atoms with Gasteiger partial charge in [-0.1, -0.05) is 64.6 Å². The molecule has 0 bridgehead atoms. The van der Waals surface area contributed by atoms with Crippen molar-refractivity contribution in [2.45, 2.75) is 64.6 Å². The van der Waals surface area contributed by atoms with Crippen LogP contribution in [0.5, 0.6) is 0 Å². The molecule has 2 unspecified atom stereocenters.